The number of rotatable bonds is 4. The summed E-state index contributed by atoms with van der Waals surface area (Å²) in [6, 6.07) is -0.799. The molecule has 1 aromatic heterocycles. The Hall–Kier alpha value is -3.17. The average Bonchev–Trinajstić information content (AvgIpc) is 3.55. The molecular formula is C22H26FN7O3S. The normalized spacial score (nSPS) is 19.9. The van der Waals surface area contributed by atoms with E-state index in [1.807, 2.05) is 19.0 Å². The largest absolute Gasteiger partial charge is 0.475 e. The van der Waals surface area contributed by atoms with Crippen molar-refractivity contribution in [1.82, 2.24) is 19.4 Å². The van der Waals surface area contributed by atoms with Gasteiger partial charge in [-0.15, -0.1) is 4.36 Å². The highest BCUT2D eigenvalue weighted by Gasteiger charge is 2.32. The topological polar surface area (TPSA) is 125 Å². The first-order chi connectivity index (χ1) is 16.3. The maximum atomic E-state index is 14.9. The number of hydrogen-bond acceptors (Lipinski definition) is 6. The molecule has 1 aromatic carbocycles. The Kier molecular flexibility index (Phi) is 5.69. The molecule has 2 N–H and O–H groups in total. The second kappa shape index (κ2) is 8.56. The molecule has 2 heterocycles. The standard InChI is InChI=1S/C22H26FN7O3S/c1-29(2)13-10-30-21(33-11-13)18(9-25-30)34(32,26-12-24)28-22(31)27-20-16-7-3-5-14(16)19(23)15-6-4-8-17(15)20/h9,13H,3-8,10-11H2,1-2H3,(H2,26,27,28,31,32)/t13-,34?/m1/s1. The number of amides is 2. The predicted molar refractivity (Wildman–Crippen MR) is 122 cm³/mol. The van der Waals surface area contributed by atoms with E-state index in [-0.39, 0.29) is 22.6 Å². The van der Waals surface area contributed by atoms with Crippen molar-refractivity contribution in [2.75, 3.05) is 26.0 Å². The lowest BCUT2D eigenvalue weighted by Crippen LogP contribution is -2.41. The lowest BCUT2D eigenvalue weighted by Gasteiger charge is -2.29. The first-order valence-electron chi connectivity index (χ1n) is 11.3. The van der Waals surface area contributed by atoms with Crippen LogP contribution in [-0.4, -0.2) is 51.7 Å². The molecule has 12 heteroatoms. The van der Waals surface area contributed by atoms with Crippen LogP contribution in [0.3, 0.4) is 0 Å². The van der Waals surface area contributed by atoms with E-state index in [1.54, 1.807) is 10.9 Å². The first-order valence-corrected chi connectivity index (χ1v) is 12.8. The van der Waals surface area contributed by atoms with Gasteiger partial charge >= 0.3 is 6.03 Å². The van der Waals surface area contributed by atoms with Crippen molar-refractivity contribution in [2.24, 2.45) is 4.36 Å². The molecular weight excluding hydrogens is 461 g/mol. The molecule has 2 aromatic rings. The van der Waals surface area contributed by atoms with Gasteiger partial charge in [0, 0.05) is 5.69 Å². The number of nitrogens with one attached hydrogen (secondary N) is 2. The number of anilines is 1. The zero-order valence-electron chi connectivity index (χ0n) is 19.1. The van der Waals surface area contributed by atoms with Gasteiger partial charge in [-0.3, -0.25) is 0 Å². The number of nitrogens with zero attached hydrogens (tertiary/aromatic N) is 5. The van der Waals surface area contributed by atoms with Gasteiger partial charge < -0.3 is 15.0 Å². The van der Waals surface area contributed by atoms with Crippen LogP contribution in [0, 0.1) is 17.3 Å². The molecule has 0 spiro atoms. The maximum absolute atomic E-state index is 14.9. The van der Waals surface area contributed by atoms with Crippen LogP contribution in [0.2, 0.25) is 0 Å². The van der Waals surface area contributed by atoms with E-state index in [0.29, 0.717) is 55.6 Å². The van der Waals surface area contributed by atoms with Gasteiger partial charge in [-0.25, -0.2) is 22.8 Å². The van der Waals surface area contributed by atoms with Crippen LogP contribution >= 0.6 is 0 Å². The van der Waals surface area contributed by atoms with Crippen molar-refractivity contribution in [3.8, 4) is 12.1 Å². The number of carbonyl (C=O) groups is 1. The molecule has 180 valence electrons. The van der Waals surface area contributed by atoms with E-state index in [1.165, 1.54) is 6.20 Å². The van der Waals surface area contributed by atoms with E-state index in [4.69, 9.17) is 4.74 Å². The summed E-state index contributed by atoms with van der Waals surface area (Å²) >= 11 is 0. The molecule has 5 rings (SSSR count). The van der Waals surface area contributed by atoms with E-state index >= 15 is 0 Å². The molecule has 0 bridgehead atoms. The van der Waals surface area contributed by atoms with E-state index < -0.39 is 15.9 Å². The third-order valence-corrected chi connectivity index (χ3v) is 8.45. The Morgan fingerprint density at radius 3 is 2.53 bits per heavy atom. The Labute approximate surface area is 197 Å². The number of halogens is 1. The summed E-state index contributed by atoms with van der Waals surface area (Å²) in [5.74, 6) is 0.0653. The SMILES string of the molecule is CN(C)[C@H]1COc2c(S(=O)(=NC(=O)Nc3c4c(c(F)c5c3CCC5)CCC4)NC#N)cnn2C1. The van der Waals surface area contributed by atoms with Crippen LogP contribution in [0.5, 0.6) is 5.88 Å². The summed E-state index contributed by atoms with van der Waals surface area (Å²) < 4.78 is 42.0. The van der Waals surface area contributed by atoms with Crippen molar-refractivity contribution in [1.29, 1.82) is 5.26 Å². The fraction of sp³-hybridized carbons (Fsp3) is 0.500. The number of ether oxygens (including phenoxy) is 1. The number of carbonyl (C=O) groups excluding carboxylic acids is 1. The molecule has 34 heavy (non-hydrogen) atoms. The number of fused-ring (bicyclic) bond motifs is 3. The Morgan fingerprint density at radius 1 is 1.26 bits per heavy atom. The maximum Gasteiger partial charge on any atom is 0.355 e. The van der Waals surface area contributed by atoms with Crippen LogP contribution in [0.25, 0.3) is 0 Å². The minimum atomic E-state index is -3.70. The Bertz CT molecular complexity index is 1300. The molecule has 2 atom stereocenters. The van der Waals surface area contributed by atoms with Gasteiger partial charge in [0.25, 0.3) is 0 Å². The lowest BCUT2D eigenvalue weighted by molar-refractivity contribution is 0.117. The second-order valence-corrected chi connectivity index (χ2v) is 10.9. The van der Waals surface area contributed by atoms with Crippen molar-refractivity contribution < 1.29 is 18.1 Å². The molecule has 0 saturated heterocycles. The fourth-order valence-corrected chi connectivity index (χ4v) is 6.28. The predicted octanol–water partition coefficient (Wildman–Crippen LogP) is 2.37. The van der Waals surface area contributed by atoms with E-state index in [0.717, 1.165) is 24.0 Å². The van der Waals surface area contributed by atoms with Crippen molar-refractivity contribution in [3.05, 3.63) is 34.3 Å². The average molecular weight is 488 g/mol. The van der Waals surface area contributed by atoms with Gasteiger partial charge in [0.1, 0.15) is 12.4 Å². The number of likely N-dealkylation sites (N-methyl/N-ethyl adjacent to an activating group) is 1. The summed E-state index contributed by atoms with van der Waals surface area (Å²) in [7, 11) is 0.143. The van der Waals surface area contributed by atoms with Gasteiger partial charge in [0.15, 0.2) is 21.0 Å². The molecule has 1 aliphatic heterocycles. The minimum absolute atomic E-state index is 0.0379. The van der Waals surface area contributed by atoms with Crippen LogP contribution in [0.1, 0.15) is 35.1 Å². The Morgan fingerprint density at radius 2 is 1.91 bits per heavy atom. The minimum Gasteiger partial charge on any atom is -0.475 e. The number of hydrogen-bond donors (Lipinski definition) is 2. The highest BCUT2D eigenvalue weighted by molar-refractivity contribution is 7.92. The molecule has 2 aliphatic carbocycles. The van der Waals surface area contributed by atoms with E-state index in [9.17, 15) is 18.7 Å². The highest BCUT2D eigenvalue weighted by Crippen LogP contribution is 2.41. The third kappa shape index (κ3) is 3.69. The number of benzene rings is 1. The van der Waals surface area contributed by atoms with Crippen LogP contribution in [0.15, 0.2) is 15.5 Å². The van der Waals surface area contributed by atoms with Crippen LogP contribution < -0.4 is 14.8 Å². The monoisotopic (exact) mass is 487 g/mol. The number of aromatic nitrogens is 2. The summed E-state index contributed by atoms with van der Waals surface area (Å²) in [5.41, 5.74) is 3.48. The first kappa shape index (κ1) is 22.6. The van der Waals surface area contributed by atoms with Gasteiger partial charge in [-0.1, -0.05) is 0 Å². The quantitative estimate of drug-likeness (QED) is 0.504. The Balaban J connectivity index is 1.51. The molecule has 0 saturated carbocycles. The molecule has 0 fully saturated rings. The van der Waals surface area contributed by atoms with Gasteiger partial charge in [-0.2, -0.15) is 10.4 Å². The lowest BCUT2D eigenvalue weighted by atomic mass is 9.98. The van der Waals surface area contributed by atoms with E-state index in [2.05, 4.69) is 19.5 Å². The molecule has 10 nitrogen and oxygen atoms in total. The van der Waals surface area contributed by atoms with Crippen molar-refractivity contribution in [3.63, 3.8) is 0 Å². The van der Waals surface area contributed by atoms with Crippen molar-refractivity contribution >= 4 is 21.6 Å². The van der Waals surface area contributed by atoms with Gasteiger partial charge in [0.2, 0.25) is 5.88 Å². The zero-order chi connectivity index (χ0) is 24.0. The zero-order valence-corrected chi connectivity index (χ0v) is 19.9. The molecule has 3 aliphatic rings. The third-order valence-electron chi connectivity index (χ3n) is 6.78. The summed E-state index contributed by atoms with van der Waals surface area (Å²) in [6.07, 6.45) is 7.18. The van der Waals surface area contributed by atoms with Gasteiger partial charge in [-0.05, 0) is 74.9 Å². The highest BCUT2D eigenvalue weighted by atomic mass is 32.2. The number of nitriles is 1. The van der Waals surface area contributed by atoms with Crippen LogP contribution in [-0.2, 0) is 42.1 Å². The smallest absolute Gasteiger partial charge is 0.355 e. The molecule has 2 amide bonds. The summed E-state index contributed by atoms with van der Waals surface area (Å²) in [4.78, 5) is 15.0. The number of urea groups is 1. The van der Waals surface area contributed by atoms with Gasteiger partial charge in [0.05, 0.1) is 18.8 Å². The summed E-state index contributed by atoms with van der Waals surface area (Å²) in [5, 5.41) is 16.3. The van der Waals surface area contributed by atoms with Crippen LogP contribution in [0.4, 0.5) is 14.9 Å². The molecule has 1 unspecified atom stereocenters. The summed E-state index contributed by atoms with van der Waals surface area (Å²) in [6.45, 7) is 0.846. The second-order valence-electron chi connectivity index (χ2n) is 9.00. The fourth-order valence-electron chi connectivity index (χ4n) is 5.04. The molecule has 0 radical (unpaired) electrons. The van der Waals surface area contributed by atoms with Crippen molar-refractivity contribution in [2.45, 2.75) is 56.0 Å².